The Bertz CT molecular complexity index is 354. The van der Waals surface area contributed by atoms with Gasteiger partial charge in [-0.05, 0) is 6.08 Å². The Hall–Kier alpha value is -1.55. The molecule has 2 atom stereocenters. The van der Waals surface area contributed by atoms with E-state index in [1.165, 1.54) is 0 Å². The highest BCUT2D eigenvalue weighted by molar-refractivity contribution is 5.90. The van der Waals surface area contributed by atoms with Crippen molar-refractivity contribution in [2.75, 3.05) is 6.61 Å². The molecule has 3 N–H and O–H groups in total. The van der Waals surface area contributed by atoms with Gasteiger partial charge < -0.3 is 15.5 Å². The zero-order valence-corrected chi connectivity index (χ0v) is 7.47. The summed E-state index contributed by atoms with van der Waals surface area (Å²) in [6.07, 6.45) is 7.02. The molecule has 0 aromatic heterocycles. The molecular formula is C10H11NO3. The van der Waals surface area contributed by atoms with Gasteiger partial charge in [0.25, 0.3) is 0 Å². The second-order valence-electron chi connectivity index (χ2n) is 3.38. The van der Waals surface area contributed by atoms with E-state index in [1.807, 2.05) is 12.2 Å². The number of aliphatic carboxylic acids is 1. The number of nitrogens with one attached hydrogen (secondary N) is 1. The SMILES string of the molecule is O=C(O)C1=CC2NC(CO)=CC2C=C1. The third-order valence-corrected chi connectivity index (χ3v) is 2.43. The van der Waals surface area contributed by atoms with Gasteiger partial charge in [-0.2, -0.15) is 0 Å². The molecule has 4 nitrogen and oxygen atoms in total. The van der Waals surface area contributed by atoms with E-state index in [1.54, 1.807) is 12.2 Å². The van der Waals surface area contributed by atoms with Crippen LogP contribution in [0.2, 0.25) is 0 Å². The average Bonchev–Trinajstić information content (AvgIpc) is 2.58. The molecule has 74 valence electrons. The Kier molecular flexibility index (Phi) is 2.13. The first-order chi connectivity index (χ1) is 6.70. The Morgan fingerprint density at radius 3 is 2.93 bits per heavy atom. The quantitative estimate of drug-likeness (QED) is 0.578. The van der Waals surface area contributed by atoms with Crippen molar-refractivity contribution in [2.24, 2.45) is 5.92 Å². The van der Waals surface area contributed by atoms with Crippen LogP contribution in [0, 0.1) is 5.92 Å². The molecule has 1 heterocycles. The molecule has 14 heavy (non-hydrogen) atoms. The summed E-state index contributed by atoms with van der Waals surface area (Å²) in [7, 11) is 0. The van der Waals surface area contributed by atoms with E-state index in [9.17, 15) is 4.79 Å². The van der Waals surface area contributed by atoms with Gasteiger partial charge in [-0.3, -0.25) is 0 Å². The van der Waals surface area contributed by atoms with E-state index in [2.05, 4.69) is 5.32 Å². The van der Waals surface area contributed by atoms with Crippen LogP contribution in [-0.4, -0.2) is 28.8 Å². The molecule has 0 radical (unpaired) electrons. The lowest BCUT2D eigenvalue weighted by atomic mass is 9.94. The molecule has 1 aliphatic heterocycles. The first-order valence-corrected chi connectivity index (χ1v) is 4.42. The van der Waals surface area contributed by atoms with Crippen molar-refractivity contribution < 1.29 is 15.0 Å². The van der Waals surface area contributed by atoms with Crippen LogP contribution in [0.25, 0.3) is 0 Å². The third-order valence-electron chi connectivity index (χ3n) is 2.43. The van der Waals surface area contributed by atoms with Gasteiger partial charge in [0.2, 0.25) is 0 Å². The smallest absolute Gasteiger partial charge is 0.335 e. The summed E-state index contributed by atoms with van der Waals surface area (Å²) in [5.74, 6) is -0.751. The fourth-order valence-electron chi connectivity index (χ4n) is 1.73. The topological polar surface area (TPSA) is 69.6 Å². The van der Waals surface area contributed by atoms with E-state index in [0.717, 1.165) is 5.70 Å². The van der Waals surface area contributed by atoms with Crippen molar-refractivity contribution in [3.05, 3.63) is 35.6 Å². The second-order valence-corrected chi connectivity index (χ2v) is 3.38. The summed E-state index contributed by atoms with van der Waals surface area (Å²) < 4.78 is 0. The van der Waals surface area contributed by atoms with Crippen LogP contribution >= 0.6 is 0 Å². The number of hydrogen-bond donors (Lipinski definition) is 3. The lowest BCUT2D eigenvalue weighted by Crippen LogP contribution is -2.29. The van der Waals surface area contributed by atoms with Crippen molar-refractivity contribution in [1.82, 2.24) is 5.32 Å². The van der Waals surface area contributed by atoms with Gasteiger partial charge in [-0.1, -0.05) is 18.2 Å². The van der Waals surface area contributed by atoms with Crippen molar-refractivity contribution in [2.45, 2.75) is 6.04 Å². The first kappa shape index (κ1) is 9.02. The van der Waals surface area contributed by atoms with E-state index in [0.29, 0.717) is 5.57 Å². The van der Waals surface area contributed by atoms with Crippen molar-refractivity contribution in [3.63, 3.8) is 0 Å². The highest BCUT2D eigenvalue weighted by Gasteiger charge is 2.26. The molecule has 0 bridgehead atoms. The molecule has 4 heteroatoms. The lowest BCUT2D eigenvalue weighted by Gasteiger charge is -2.17. The summed E-state index contributed by atoms with van der Waals surface area (Å²) >= 11 is 0. The summed E-state index contributed by atoms with van der Waals surface area (Å²) in [5.41, 5.74) is 1.05. The number of carbonyl (C=O) groups is 1. The van der Waals surface area contributed by atoms with Crippen LogP contribution in [0.5, 0.6) is 0 Å². The number of rotatable bonds is 2. The normalized spacial score (nSPS) is 28.9. The van der Waals surface area contributed by atoms with Crippen LogP contribution in [0.4, 0.5) is 0 Å². The molecular weight excluding hydrogens is 182 g/mol. The predicted octanol–water partition coefficient (Wildman–Crippen LogP) is 0.0314. The third kappa shape index (κ3) is 1.44. The Morgan fingerprint density at radius 1 is 1.50 bits per heavy atom. The van der Waals surface area contributed by atoms with E-state index < -0.39 is 5.97 Å². The predicted molar refractivity (Wildman–Crippen MR) is 50.4 cm³/mol. The number of carboxylic acids is 1. The molecule has 2 aliphatic rings. The monoisotopic (exact) mass is 193 g/mol. The number of fused-ring (bicyclic) bond motifs is 1. The summed E-state index contributed by atoms with van der Waals surface area (Å²) in [6.45, 7) is -0.0307. The molecule has 2 unspecified atom stereocenters. The van der Waals surface area contributed by atoms with Crippen LogP contribution in [-0.2, 0) is 4.79 Å². The fraction of sp³-hybridized carbons (Fsp3) is 0.300. The summed E-state index contributed by atoms with van der Waals surface area (Å²) in [4.78, 5) is 10.7. The molecule has 0 saturated heterocycles. The zero-order valence-electron chi connectivity index (χ0n) is 7.47. The van der Waals surface area contributed by atoms with Crippen LogP contribution in [0.1, 0.15) is 0 Å². The van der Waals surface area contributed by atoms with E-state index in [-0.39, 0.29) is 18.6 Å². The number of aliphatic hydroxyl groups excluding tert-OH is 1. The van der Waals surface area contributed by atoms with Gasteiger partial charge >= 0.3 is 5.97 Å². The van der Waals surface area contributed by atoms with Crippen molar-refractivity contribution >= 4 is 5.97 Å². The van der Waals surface area contributed by atoms with Crippen molar-refractivity contribution in [3.8, 4) is 0 Å². The Morgan fingerprint density at radius 2 is 2.29 bits per heavy atom. The number of aliphatic hydroxyl groups is 1. The van der Waals surface area contributed by atoms with Crippen LogP contribution in [0.3, 0.4) is 0 Å². The largest absolute Gasteiger partial charge is 0.478 e. The van der Waals surface area contributed by atoms with Crippen molar-refractivity contribution in [1.29, 1.82) is 0 Å². The molecule has 0 spiro atoms. The average molecular weight is 193 g/mol. The second kappa shape index (κ2) is 3.31. The van der Waals surface area contributed by atoms with Gasteiger partial charge in [-0.15, -0.1) is 0 Å². The maximum atomic E-state index is 10.7. The molecule has 0 amide bonds. The Labute approximate surface area is 81.2 Å². The lowest BCUT2D eigenvalue weighted by molar-refractivity contribution is -0.132. The van der Waals surface area contributed by atoms with E-state index in [4.69, 9.17) is 10.2 Å². The molecule has 1 aliphatic carbocycles. The first-order valence-electron chi connectivity index (χ1n) is 4.42. The van der Waals surface area contributed by atoms with Gasteiger partial charge in [0, 0.05) is 11.6 Å². The minimum absolute atomic E-state index is 0.0201. The zero-order chi connectivity index (χ0) is 10.1. The van der Waals surface area contributed by atoms with Gasteiger partial charge in [0.15, 0.2) is 0 Å². The number of hydrogen-bond acceptors (Lipinski definition) is 3. The summed E-state index contributed by atoms with van der Waals surface area (Å²) in [5, 5.41) is 20.7. The van der Waals surface area contributed by atoms with Gasteiger partial charge in [0.05, 0.1) is 18.2 Å². The summed E-state index contributed by atoms with van der Waals surface area (Å²) in [6, 6.07) is -0.0201. The van der Waals surface area contributed by atoms with Gasteiger partial charge in [-0.25, -0.2) is 4.79 Å². The Balaban J connectivity index is 2.18. The maximum absolute atomic E-state index is 10.7. The minimum Gasteiger partial charge on any atom is -0.478 e. The van der Waals surface area contributed by atoms with E-state index >= 15 is 0 Å². The minimum atomic E-state index is -0.918. The molecule has 0 aromatic carbocycles. The molecule has 0 fully saturated rings. The molecule has 2 rings (SSSR count). The van der Waals surface area contributed by atoms with Crippen LogP contribution in [0.15, 0.2) is 35.6 Å². The highest BCUT2D eigenvalue weighted by atomic mass is 16.4. The highest BCUT2D eigenvalue weighted by Crippen LogP contribution is 2.24. The fourth-order valence-corrected chi connectivity index (χ4v) is 1.73. The standard InChI is InChI=1S/C10H11NO3/c12-5-8-3-6-1-2-7(10(13)14)4-9(6)11-8/h1-4,6,9,11-12H,5H2,(H,13,14). The number of carboxylic acid groups (broad SMARTS) is 1. The maximum Gasteiger partial charge on any atom is 0.335 e. The molecule has 0 aromatic rings. The molecule has 0 saturated carbocycles. The van der Waals surface area contributed by atoms with Gasteiger partial charge in [0.1, 0.15) is 0 Å². The van der Waals surface area contributed by atoms with Crippen LogP contribution < -0.4 is 5.32 Å².